The fourth-order valence-electron chi connectivity index (χ4n) is 3.10. The van der Waals surface area contributed by atoms with Gasteiger partial charge in [-0.05, 0) is 26.0 Å². The van der Waals surface area contributed by atoms with E-state index in [0.29, 0.717) is 16.9 Å². The number of Topliss-reactive ketones (excluding diaryl/α,β-unsaturated/α-hetero) is 1. The Morgan fingerprint density at radius 3 is 1.93 bits per heavy atom. The van der Waals surface area contributed by atoms with Crippen molar-refractivity contribution in [2.45, 2.75) is 20.0 Å². The third-order valence-electron chi connectivity index (χ3n) is 4.80. The number of ketones is 1. The smallest absolute Gasteiger partial charge is 0.343 e. The maximum Gasteiger partial charge on any atom is 0.343 e. The molecule has 0 unspecified atom stereocenters. The van der Waals surface area contributed by atoms with Crippen LogP contribution in [-0.2, 0) is 4.74 Å². The van der Waals surface area contributed by atoms with Crippen molar-refractivity contribution >= 4 is 11.8 Å². The first-order valence-electron chi connectivity index (χ1n) is 9.54. The highest BCUT2D eigenvalue weighted by Crippen LogP contribution is 2.33. The number of para-hydroxylation sites is 1. The summed E-state index contributed by atoms with van der Waals surface area (Å²) in [6.45, 7) is 3.90. The summed E-state index contributed by atoms with van der Waals surface area (Å²) < 4.78 is 16.3. The number of ether oxygens (including phenoxy) is 3. The van der Waals surface area contributed by atoms with Crippen LogP contribution in [0.5, 0.6) is 11.5 Å². The molecular formula is C25H24O5. The lowest BCUT2D eigenvalue weighted by Gasteiger charge is -2.19. The summed E-state index contributed by atoms with van der Waals surface area (Å²) in [5, 5.41) is 0. The van der Waals surface area contributed by atoms with Gasteiger partial charge in [0.2, 0.25) is 5.78 Å². The van der Waals surface area contributed by atoms with E-state index in [-0.39, 0.29) is 17.1 Å². The molecule has 0 spiro atoms. The quantitative estimate of drug-likeness (QED) is 0.405. The minimum Gasteiger partial charge on any atom is -0.493 e. The predicted molar refractivity (Wildman–Crippen MR) is 114 cm³/mol. The van der Waals surface area contributed by atoms with Gasteiger partial charge in [-0.25, -0.2) is 4.79 Å². The van der Waals surface area contributed by atoms with Crippen molar-refractivity contribution in [3.63, 3.8) is 0 Å². The number of benzene rings is 3. The highest BCUT2D eigenvalue weighted by molar-refractivity contribution is 6.02. The molecular weight excluding hydrogens is 380 g/mol. The average molecular weight is 404 g/mol. The van der Waals surface area contributed by atoms with Crippen LogP contribution in [0.2, 0.25) is 0 Å². The van der Waals surface area contributed by atoms with Crippen LogP contribution in [0.3, 0.4) is 0 Å². The molecule has 5 heteroatoms. The first-order chi connectivity index (χ1) is 14.4. The van der Waals surface area contributed by atoms with E-state index in [0.717, 1.165) is 11.1 Å². The zero-order valence-corrected chi connectivity index (χ0v) is 17.5. The monoisotopic (exact) mass is 404 g/mol. The zero-order chi connectivity index (χ0) is 21.7. The summed E-state index contributed by atoms with van der Waals surface area (Å²) in [7, 11) is 2.94. The van der Waals surface area contributed by atoms with E-state index in [1.165, 1.54) is 14.2 Å². The molecule has 0 aliphatic heterocycles. The van der Waals surface area contributed by atoms with E-state index in [9.17, 15) is 9.59 Å². The highest BCUT2D eigenvalue weighted by atomic mass is 16.6. The average Bonchev–Trinajstić information content (AvgIpc) is 2.77. The lowest BCUT2D eigenvalue weighted by atomic mass is 9.98. The van der Waals surface area contributed by atoms with Crippen LogP contribution in [0.1, 0.15) is 43.5 Å². The Labute approximate surface area is 176 Å². The zero-order valence-electron chi connectivity index (χ0n) is 17.5. The van der Waals surface area contributed by atoms with Gasteiger partial charge in [-0.1, -0.05) is 65.7 Å². The van der Waals surface area contributed by atoms with Crippen LogP contribution in [0, 0.1) is 13.8 Å². The van der Waals surface area contributed by atoms with Crippen LogP contribution in [0.25, 0.3) is 0 Å². The van der Waals surface area contributed by atoms with Crippen molar-refractivity contribution in [2.75, 3.05) is 14.2 Å². The lowest BCUT2D eigenvalue weighted by molar-refractivity contribution is 0.0276. The van der Waals surface area contributed by atoms with Crippen molar-refractivity contribution in [1.29, 1.82) is 0 Å². The summed E-state index contributed by atoms with van der Waals surface area (Å²) in [5.74, 6) is -0.301. The maximum absolute atomic E-state index is 13.3. The molecule has 0 aliphatic carbocycles. The lowest BCUT2D eigenvalue weighted by Crippen LogP contribution is -2.21. The van der Waals surface area contributed by atoms with Crippen molar-refractivity contribution in [3.05, 3.63) is 94.5 Å². The van der Waals surface area contributed by atoms with Crippen LogP contribution in [0.4, 0.5) is 0 Å². The van der Waals surface area contributed by atoms with E-state index in [4.69, 9.17) is 14.2 Å². The Balaban J connectivity index is 1.99. The Morgan fingerprint density at radius 2 is 1.37 bits per heavy atom. The van der Waals surface area contributed by atoms with E-state index < -0.39 is 12.1 Å². The van der Waals surface area contributed by atoms with E-state index in [1.807, 2.05) is 38.1 Å². The molecule has 0 saturated carbocycles. The van der Waals surface area contributed by atoms with Gasteiger partial charge >= 0.3 is 5.97 Å². The molecule has 30 heavy (non-hydrogen) atoms. The molecule has 3 aromatic rings. The van der Waals surface area contributed by atoms with Crippen molar-refractivity contribution in [3.8, 4) is 11.5 Å². The molecule has 0 bridgehead atoms. The number of methoxy groups -OCH3 is 2. The van der Waals surface area contributed by atoms with Gasteiger partial charge in [-0.15, -0.1) is 0 Å². The minimum atomic E-state index is -1.09. The van der Waals surface area contributed by atoms with Gasteiger partial charge in [-0.2, -0.15) is 0 Å². The summed E-state index contributed by atoms with van der Waals surface area (Å²) >= 11 is 0. The molecule has 0 saturated heterocycles. The van der Waals surface area contributed by atoms with Crippen molar-refractivity contribution in [2.24, 2.45) is 0 Å². The van der Waals surface area contributed by atoms with E-state index in [1.54, 1.807) is 42.5 Å². The molecule has 1 atom stereocenters. The molecule has 0 amide bonds. The van der Waals surface area contributed by atoms with Crippen LogP contribution in [-0.4, -0.2) is 26.0 Å². The summed E-state index contributed by atoms with van der Waals surface area (Å²) in [6, 6.07) is 19.5. The normalized spacial score (nSPS) is 11.5. The van der Waals surface area contributed by atoms with Gasteiger partial charge in [0.05, 0.1) is 14.2 Å². The fourth-order valence-corrected chi connectivity index (χ4v) is 3.10. The number of hydrogen-bond acceptors (Lipinski definition) is 5. The molecule has 0 radical (unpaired) electrons. The molecule has 0 N–H and O–H groups in total. The Hall–Kier alpha value is -3.60. The van der Waals surface area contributed by atoms with Gasteiger partial charge in [0, 0.05) is 11.1 Å². The minimum absolute atomic E-state index is 0.186. The standard InChI is InChI=1S/C25H24O5/c1-16-8-12-18(13-9-16)22(26)23(19-14-10-17(2)11-15-19)30-25(27)20-6-5-7-21(28-3)24(20)29-4/h5-15,23H,1-4H3/t23-/m0/s1. The molecule has 3 aromatic carbocycles. The third kappa shape index (κ3) is 4.51. The highest BCUT2D eigenvalue weighted by Gasteiger charge is 2.28. The molecule has 0 aromatic heterocycles. The molecule has 0 fully saturated rings. The Bertz CT molecular complexity index is 1040. The fraction of sp³-hybridized carbons (Fsp3) is 0.200. The number of hydrogen-bond donors (Lipinski definition) is 0. The summed E-state index contributed by atoms with van der Waals surface area (Å²) in [6.07, 6.45) is -1.09. The number of carbonyl (C=O) groups excluding carboxylic acids is 2. The third-order valence-corrected chi connectivity index (χ3v) is 4.80. The first-order valence-corrected chi connectivity index (χ1v) is 9.54. The predicted octanol–water partition coefficient (Wildman–Crippen LogP) is 5.10. The van der Waals surface area contributed by atoms with Crippen molar-refractivity contribution < 1.29 is 23.8 Å². The number of aryl methyl sites for hydroxylation is 2. The second-order valence-electron chi connectivity index (χ2n) is 6.97. The van der Waals surface area contributed by atoms with Gasteiger partial charge in [-0.3, -0.25) is 4.79 Å². The Kier molecular flexibility index (Phi) is 6.52. The maximum atomic E-state index is 13.3. The Morgan fingerprint density at radius 1 is 0.767 bits per heavy atom. The van der Waals surface area contributed by atoms with Gasteiger partial charge in [0.25, 0.3) is 0 Å². The summed E-state index contributed by atoms with van der Waals surface area (Å²) in [4.78, 5) is 26.3. The van der Waals surface area contributed by atoms with Gasteiger partial charge < -0.3 is 14.2 Å². The molecule has 5 nitrogen and oxygen atoms in total. The number of carbonyl (C=O) groups is 2. The van der Waals surface area contributed by atoms with Crippen LogP contribution >= 0.6 is 0 Å². The molecule has 0 aliphatic rings. The van der Waals surface area contributed by atoms with Gasteiger partial charge in [0.1, 0.15) is 5.56 Å². The molecule has 3 rings (SSSR count). The summed E-state index contributed by atoms with van der Waals surface area (Å²) in [5.41, 5.74) is 3.33. The van der Waals surface area contributed by atoms with E-state index in [2.05, 4.69) is 0 Å². The van der Waals surface area contributed by atoms with E-state index >= 15 is 0 Å². The molecule has 0 heterocycles. The second-order valence-corrected chi connectivity index (χ2v) is 6.97. The topological polar surface area (TPSA) is 61.8 Å². The van der Waals surface area contributed by atoms with Crippen molar-refractivity contribution in [1.82, 2.24) is 0 Å². The van der Waals surface area contributed by atoms with Gasteiger partial charge in [0.15, 0.2) is 17.6 Å². The number of esters is 1. The second kappa shape index (κ2) is 9.27. The largest absolute Gasteiger partial charge is 0.493 e. The first kappa shape index (κ1) is 21.1. The SMILES string of the molecule is COc1cccc(C(=O)O[C@H](C(=O)c2ccc(C)cc2)c2ccc(C)cc2)c1OC. The molecule has 154 valence electrons. The van der Waals surface area contributed by atoms with Crippen LogP contribution < -0.4 is 9.47 Å². The number of rotatable bonds is 7. The van der Waals surface area contributed by atoms with Crippen LogP contribution in [0.15, 0.2) is 66.7 Å².